The van der Waals surface area contributed by atoms with Crippen LogP contribution in [0, 0.1) is 0 Å². The molecule has 0 amide bonds. The molecule has 0 saturated heterocycles. The van der Waals surface area contributed by atoms with Gasteiger partial charge in [0.2, 0.25) is 0 Å². The molecule has 1 aromatic heterocycles. The van der Waals surface area contributed by atoms with Gasteiger partial charge in [0.1, 0.15) is 0 Å². The van der Waals surface area contributed by atoms with Crippen LogP contribution in [0.3, 0.4) is 0 Å². The summed E-state index contributed by atoms with van der Waals surface area (Å²) in [5.41, 5.74) is 14.1. The summed E-state index contributed by atoms with van der Waals surface area (Å²) in [4.78, 5) is 2.51. The van der Waals surface area contributed by atoms with E-state index in [1.165, 1.54) is 87.8 Å². The molecule has 4 nitrogen and oxygen atoms in total. The Kier molecular flexibility index (Phi) is 7.67. The lowest BCUT2D eigenvalue weighted by Crippen LogP contribution is -2.31. The zero-order chi connectivity index (χ0) is 42.9. The summed E-state index contributed by atoms with van der Waals surface area (Å²) in [5.74, 6) is 1.61. The van der Waals surface area contributed by atoms with Crippen molar-refractivity contribution in [3.8, 4) is 39.6 Å². The van der Waals surface area contributed by atoms with Gasteiger partial charge in [-0.25, -0.2) is 0 Å². The van der Waals surface area contributed by atoms with Crippen LogP contribution in [0.25, 0.3) is 82.7 Å². The first kappa shape index (κ1) is 36.8. The van der Waals surface area contributed by atoms with E-state index in [-0.39, 0.29) is 10.8 Å². The summed E-state index contributed by atoms with van der Waals surface area (Å²) in [6.07, 6.45) is 0. The van der Waals surface area contributed by atoms with Gasteiger partial charge < -0.3 is 4.90 Å². The molecule has 1 aliphatic heterocycles. The number of benzene rings is 10. The van der Waals surface area contributed by atoms with E-state index in [9.17, 15) is 0 Å². The molecule has 64 heavy (non-hydrogen) atoms. The zero-order valence-corrected chi connectivity index (χ0v) is 36.3. The van der Waals surface area contributed by atoms with Gasteiger partial charge in [0.15, 0.2) is 11.6 Å². The van der Waals surface area contributed by atoms with Crippen LogP contribution >= 0.6 is 0 Å². The molecule has 0 N–H and O–H groups in total. The summed E-state index contributed by atoms with van der Waals surface area (Å²) in [6, 6.07) is 71.2. The third-order valence-corrected chi connectivity index (χ3v) is 14.4. The van der Waals surface area contributed by atoms with Crippen molar-refractivity contribution < 1.29 is 0 Å². The maximum Gasteiger partial charge on any atom is 0.168 e. The van der Waals surface area contributed by atoms with Crippen LogP contribution in [0.15, 0.2) is 194 Å². The molecule has 0 spiro atoms. The standard InChI is InChI=1S/C60H44N4/c1-59(2)51-34-48-46-26-16-14-24-44(46)43-23-13-15-25-45(43)47(48)33-49(51)50-35-54-56(36-52(50)59)63(55-32-40-20-12-11-19-39(40)31-53(55)60(54,3)4)42-29-27-38(28-30-42)58-62-61-57(37-17-7-5-8-18-37)64(58)41-21-9-6-10-22-41/h5-36H,1-4H3. The van der Waals surface area contributed by atoms with Gasteiger partial charge >= 0.3 is 0 Å². The molecule has 0 saturated carbocycles. The lowest BCUT2D eigenvalue weighted by atomic mass is 9.71. The minimum absolute atomic E-state index is 0.234. The SMILES string of the molecule is CC1(C)c2cc3c(cc2-c2cc4c5ccccc5c5ccccc5c4cc21)C(C)(C)c1cc2ccccc2cc1N3c1ccc(-c2nnc(-c3ccccc3)n2-c2ccccc2)cc1. The number of hydrogen-bond acceptors (Lipinski definition) is 3. The van der Waals surface area contributed by atoms with E-state index in [4.69, 9.17) is 10.2 Å². The van der Waals surface area contributed by atoms with E-state index in [0.29, 0.717) is 0 Å². The van der Waals surface area contributed by atoms with E-state index in [2.05, 4.69) is 207 Å². The predicted octanol–water partition coefficient (Wildman–Crippen LogP) is 15.6. The van der Waals surface area contributed by atoms with Crippen molar-refractivity contribution in [2.45, 2.75) is 38.5 Å². The molecule has 2 heterocycles. The fraction of sp³-hybridized carbons (Fsp3) is 0.100. The minimum Gasteiger partial charge on any atom is -0.310 e. The van der Waals surface area contributed by atoms with Crippen molar-refractivity contribution in [2.24, 2.45) is 0 Å². The van der Waals surface area contributed by atoms with Crippen molar-refractivity contribution in [3.63, 3.8) is 0 Å². The number of aromatic nitrogens is 3. The first-order valence-electron chi connectivity index (χ1n) is 22.3. The Labute approximate surface area is 372 Å². The molecule has 10 aromatic carbocycles. The van der Waals surface area contributed by atoms with Gasteiger partial charge in [-0.05, 0) is 149 Å². The van der Waals surface area contributed by atoms with Crippen LogP contribution in [0.5, 0.6) is 0 Å². The van der Waals surface area contributed by atoms with Crippen molar-refractivity contribution >= 4 is 60.2 Å². The second-order valence-corrected chi connectivity index (χ2v) is 18.7. The Morgan fingerprint density at radius 3 is 1.44 bits per heavy atom. The number of hydrogen-bond donors (Lipinski definition) is 0. The summed E-state index contributed by atoms with van der Waals surface area (Å²) in [5, 5.41) is 19.9. The van der Waals surface area contributed by atoms with Gasteiger partial charge in [-0.15, -0.1) is 10.2 Å². The number of para-hydroxylation sites is 1. The Balaban J connectivity index is 1.02. The largest absolute Gasteiger partial charge is 0.310 e. The third-order valence-electron chi connectivity index (χ3n) is 14.4. The highest BCUT2D eigenvalue weighted by atomic mass is 15.3. The van der Waals surface area contributed by atoms with Crippen molar-refractivity contribution in [3.05, 3.63) is 216 Å². The van der Waals surface area contributed by atoms with Crippen molar-refractivity contribution in [2.75, 3.05) is 4.90 Å². The lowest BCUT2D eigenvalue weighted by molar-refractivity contribution is 0.628. The molecule has 0 bridgehead atoms. The van der Waals surface area contributed by atoms with Crippen LogP contribution in [0.1, 0.15) is 49.9 Å². The number of fused-ring (bicyclic) bond motifs is 12. The maximum atomic E-state index is 4.83. The normalized spacial score (nSPS) is 14.5. The highest BCUT2D eigenvalue weighted by Gasteiger charge is 2.43. The zero-order valence-electron chi connectivity index (χ0n) is 36.3. The average Bonchev–Trinajstić information content (AvgIpc) is 3.87. The van der Waals surface area contributed by atoms with Crippen LogP contribution < -0.4 is 4.90 Å². The molecule has 4 heteroatoms. The topological polar surface area (TPSA) is 34.0 Å². The predicted molar refractivity (Wildman–Crippen MR) is 267 cm³/mol. The first-order valence-corrected chi connectivity index (χ1v) is 22.3. The minimum atomic E-state index is -0.285. The highest BCUT2D eigenvalue weighted by molar-refractivity contribution is 6.26. The maximum absolute atomic E-state index is 4.83. The Bertz CT molecular complexity index is 3710. The van der Waals surface area contributed by atoms with Gasteiger partial charge in [-0.3, -0.25) is 4.57 Å². The fourth-order valence-electron chi connectivity index (χ4n) is 11.1. The van der Waals surface area contributed by atoms with Gasteiger partial charge in [0.25, 0.3) is 0 Å². The molecular weight excluding hydrogens is 777 g/mol. The third kappa shape index (κ3) is 5.17. The molecule has 1 aliphatic carbocycles. The molecule has 11 aromatic rings. The van der Waals surface area contributed by atoms with Gasteiger partial charge in [-0.1, -0.05) is 149 Å². The number of nitrogens with zero attached hydrogens (tertiary/aromatic N) is 4. The van der Waals surface area contributed by atoms with Gasteiger partial charge in [-0.2, -0.15) is 0 Å². The summed E-state index contributed by atoms with van der Waals surface area (Å²) >= 11 is 0. The lowest BCUT2D eigenvalue weighted by Gasteiger charge is -2.43. The molecule has 0 unspecified atom stereocenters. The van der Waals surface area contributed by atoms with E-state index in [1.807, 2.05) is 24.3 Å². The van der Waals surface area contributed by atoms with Gasteiger partial charge in [0, 0.05) is 33.3 Å². The van der Waals surface area contributed by atoms with Crippen LogP contribution in [-0.4, -0.2) is 14.8 Å². The van der Waals surface area contributed by atoms with Gasteiger partial charge in [0.05, 0.1) is 11.4 Å². The Hall–Kier alpha value is -7.82. The summed E-state index contributed by atoms with van der Waals surface area (Å²) in [7, 11) is 0. The molecule has 2 aliphatic rings. The molecule has 304 valence electrons. The molecular formula is C60H44N4. The molecule has 13 rings (SSSR count). The Morgan fingerprint density at radius 2 is 0.797 bits per heavy atom. The number of anilines is 3. The molecule has 0 radical (unpaired) electrons. The summed E-state index contributed by atoms with van der Waals surface area (Å²) < 4.78 is 2.17. The van der Waals surface area contributed by atoms with Crippen LogP contribution in [0.2, 0.25) is 0 Å². The average molecular weight is 821 g/mol. The van der Waals surface area contributed by atoms with E-state index in [1.54, 1.807) is 0 Å². The summed E-state index contributed by atoms with van der Waals surface area (Å²) in [6.45, 7) is 9.66. The van der Waals surface area contributed by atoms with Crippen LogP contribution in [-0.2, 0) is 10.8 Å². The van der Waals surface area contributed by atoms with E-state index < -0.39 is 0 Å². The highest BCUT2D eigenvalue weighted by Crippen LogP contribution is 2.59. The molecule has 0 atom stereocenters. The van der Waals surface area contributed by atoms with Crippen molar-refractivity contribution in [1.29, 1.82) is 0 Å². The smallest absolute Gasteiger partial charge is 0.168 e. The van der Waals surface area contributed by atoms with Crippen LogP contribution in [0.4, 0.5) is 17.1 Å². The van der Waals surface area contributed by atoms with Crippen molar-refractivity contribution in [1.82, 2.24) is 14.8 Å². The van der Waals surface area contributed by atoms with E-state index >= 15 is 0 Å². The second-order valence-electron chi connectivity index (χ2n) is 18.7. The first-order chi connectivity index (χ1) is 31.3. The van der Waals surface area contributed by atoms with E-state index in [0.717, 1.165) is 34.2 Å². The monoisotopic (exact) mass is 820 g/mol. The molecule has 0 fully saturated rings. The number of rotatable bonds is 4. The second kappa shape index (κ2) is 13.3. The fourth-order valence-corrected chi connectivity index (χ4v) is 11.1. The quantitative estimate of drug-likeness (QED) is 0.166. The Morgan fingerprint density at radius 1 is 0.344 bits per heavy atom.